The van der Waals surface area contributed by atoms with Gasteiger partial charge >= 0.3 is 0 Å². The van der Waals surface area contributed by atoms with Gasteiger partial charge in [-0.05, 0) is 68.0 Å². The van der Waals surface area contributed by atoms with Crippen molar-refractivity contribution in [1.29, 1.82) is 0 Å². The highest BCUT2D eigenvalue weighted by atomic mass is 16.2. The lowest BCUT2D eigenvalue weighted by molar-refractivity contribution is -0.119. The van der Waals surface area contributed by atoms with Gasteiger partial charge in [0.05, 0.1) is 6.54 Å². The zero-order valence-corrected chi connectivity index (χ0v) is 16.8. The predicted molar refractivity (Wildman–Crippen MR) is 113 cm³/mol. The molecule has 148 valence electrons. The summed E-state index contributed by atoms with van der Waals surface area (Å²) in [5.41, 5.74) is 5.07. The van der Waals surface area contributed by atoms with Crippen molar-refractivity contribution in [1.82, 2.24) is 10.2 Å². The third-order valence-electron chi connectivity index (χ3n) is 5.28. The molecule has 1 saturated heterocycles. The Hall–Kier alpha value is -2.82. The molecule has 2 aromatic rings. The first-order chi connectivity index (χ1) is 13.5. The molecule has 5 nitrogen and oxygen atoms in total. The van der Waals surface area contributed by atoms with Gasteiger partial charge in [0.1, 0.15) is 0 Å². The molecule has 2 amide bonds. The molecule has 0 unspecified atom stereocenters. The highest BCUT2D eigenvalue weighted by Crippen LogP contribution is 2.19. The van der Waals surface area contributed by atoms with Gasteiger partial charge in [-0.15, -0.1) is 0 Å². The Bertz CT molecular complexity index is 841. The monoisotopic (exact) mass is 379 g/mol. The molecule has 2 aromatic carbocycles. The van der Waals surface area contributed by atoms with Crippen LogP contribution < -0.4 is 10.6 Å². The topological polar surface area (TPSA) is 61.4 Å². The third-order valence-corrected chi connectivity index (χ3v) is 5.28. The fraction of sp³-hybridized carbons (Fsp3) is 0.391. The van der Waals surface area contributed by atoms with Crippen molar-refractivity contribution in [2.75, 3.05) is 31.5 Å². The summed E-state index contributed by atoms with van der Waals surface area (Å²) in [5, 5.41) is 6.12. The number of benzene rings is 2. The van der Waals surface area contributed by atoms with Gasteiger partial charge in [-0.1, -0.05) is 24.3 Å². The Kier molecular flexibility index (Phi) is 6.69. The number of anilines is 1. The number of hydrogen-bond acceptors (Lipinski definition) is 3. The van der Waals surface area contributed by atoms with Gasteiger partial charge in [0.2, 0.25) is 5.91 Å². The molecule has 28 heavy (non-hydrogen) atoms. The summed E-state index contributed by atoms with van der Waals surface area (Å²) in [4.78, 5) is 26.5. The fourth-order valence-corrected chi connectivity index (χ4v) is 3.56. The van der Waals surface area contributed by atoms with Crippen molar-refractivity contribution >= 4 is 17.5 Å². The average Bonchev–Trinajstić information content (AvgIpc) is 3.22. The van der Waals surface area contributed by atoms with E-state index in [-0.39, 0.29) is 18.4 Å². The lowest BCUT2D eigenvalue weighted by Gasteiger charge is -2.16. The molecule has 2 N–H and O–H groups in total. The normalized spacial score (nSPS) is 13.4. The number of carbonyl (C=O) groups is 2. The summed E-state index contributed by atoms with van der Waals surface area (Å²) in [6.45, 7) is 6.57. The standard InChI is InChI=1S/C23H29N3O2/c1-17-7-3-4-8-19(17)11-12-24-22(27)16-25-21-10-9-20(15-18(21)2)23(28)26-13-5-6-14-26/h3-4,7-10,15,25H,5-6,11-14,16H2,1-2H3,(H,24,27). The molecule has 1 aliphatic heterocycles. The first-order valence-electron chi connectivity index (χ1n) is 9.99. The lowest BCUT2D eigenvalue weighted by Crippen LogP contribution is -2.31. The molecule has 0 aliphatic carbocycles. The fourth-order valence-electron chi connectivity index (χ4n) is 3.56. The van der Waals surface area contributed by atoms with Crippen LogP contribution in [0, 0.1) is 13.8 Å². The molecule has 0 atom stereocenters. The molecule has 3 rings (SSSR count). The van der Waals surface area contributed by atoms with Gasteiger partial charge in [0, 0.05) is 30.9 Å². The Morgan fingerprint density at radius 2 is 1.75 bits per heavy atom. The van der Waals surface area contributed by atoms with Gasteiger partial charge in [0.25, 0.3) is 5.91 Å². The SMILES string of the molecule is Cc1ccccc1CCNC(=O)CNc1ccc(C(=O)N2CCCC2)cc1C. The highest BCUT2D eigenvalue weighted by Gasteiger charge is 2.19. The molecule has 0 spiro atoms. The van der Waals surface area contributed by atoms with Crippen LogP contribution in [0.15, 0.2) is 42.5 Å². The third kappa shape index (κ3) is 5.12. The van der Waals surface area contributed by atoms with Crippen LogP contribution in [0.1, 0.15) is 39.9 Å². The number of nitrogens with zero attached hydrogens (tertiary/aromatic N) is 1. The lowest BCUT2D eigenvalue weighted by atomic mass is 10.1. The van der Waals surface area contributed by atoms with Crippen LogP contribution in [-0.4, -0.2) is 42.9 Å². The Morgan fingerprint density at radius 3 is 2.46 bits per heavy atom. The minimum Gasteiger partial charge on any atom is -0.376 e. The van der Waals surface area contributed by atoms with E-state index in [2.05, 4.69) is 29.7 Å². The first-order valence-corrected chi connectivity index (χ1v) is 9.99. The predicted octanol–water partition coefficient (Wildman–Crippen LogP) is 3.31. The van der Waals surface area contributed by atoms with Crippen LogP contribution in [0.25, 0.3) is 0 Å². The van der Waals surface area contributed by atoms with Crippen molar-refractivity contribution in [2.45, 2.75) is 33.1 Å². The van der Waals surface area contributed by atoms with Gasteiger partial charge in [-0.2, -0.15) is 0 Å². The number of likely N-dealkylation sites (tertiary alicyclic amines) is 1. The minimum atomic E-state index is -0.0368. The van der Waals surface area contributed by atoms with E-state index in [0.717, 1.165) is 43.6 Å². The van der Waals surface area contributed by atoms with E-state index < -0.39 is 0 Å². The van der Waals surface area contributed by atoms with Crippen molar-refractivity contribution in [3.63, 3.8) is 0 Å². The number of carbonyl (C=O) groups excluding carboxylic acids is 2. The summed E-state index contributed by atoms with van der Waals surface area (Å²) >= 11 is 0. The summed E-state index contributed by atoms with van der Waals surface area (Å²) < 4.78 is 0. The van der Waals surface area contributed by atoms with E-state index in [1.807, 2.05) is 42.2 Å². The van der Waals surface area contributed by atoms with Crippen LogP contribution in [0.5, 0.6) is 0 Å². The Labute approximate surface area is 167 Å². The van der Waals surface area contributed by atoms with Crippen molar-refractivity contribution in [3.8, 4) is 0 Å². The second-order valence-electron chi connectivity index (χ2n) is 7.41. The van der Waals surface area contributed by atoms with Gasteiger partial charge < -0.3 is 15.5 Å². The van der Waals surface area contributed by atoms with Crippen molar-refractivity contribution < 1.29 is 9.59 Å². The highest BCUT2D eigenvalue weighted by molar-refractivity contribution is 5.95. The van der Waals surface area contributed by atoms with Crippen molar-refractivity contribution in [2.24, 2.45) is 0 Å². The molecule has 0 radical (unpaired) electrons. The number of amides is 2. The quantitative estimate of drug-likeness (QED) is 0.776. The number of aryl methyl sites for hydroxylation is 2. The van der Waals surface area contributed by atoms with Crippen LogP contribution in [-0.2, 0) is 11.2 Å². The largest absolute Gasteiger partial charge is 0.376 e. The first kappa shape index (κ1) is 19.9. The second kappa shape index (κ2) is 9.40. The summed E-state index contributed by atoms with van der Waals surface area (Å²) in [5.74, 6) is 0.0614. The van der Waals surface area contributed by atoms with E-state index in [4.69, 9.17) is 0 Å². The van der Waals surface area contributed by atoms with E-state index in [1.165, 1.54) is 11.1 Å². The number of rotatable bonds is 7. The van der Waals surface area contributed by atoms with E-state index in [1.54, 1.807) is 0 Å². The zero-order chi connectivity index (χ0) is 19.9. The van der Waals surface area contributed by atoms with Crippen LogP contribution in [0.4, 0.5) is 5.69 Å². The molecule has 5 heteroatoms. The maximum Gasteiger partial charge on any atom is 0.253 e. The number of hydrogen-bond donors (Lipinski definition) is 2. The van der Waals surface area contributed by atoms with E-state index in [9.17, 15) is 9.59 Å². The molecule has 0 bridgehead atoms. The maximum atomic E-state index is 12.5. The molecule has 1 aliphatic rings. The second-order valence-corrected chi connectivity index (χ2v) is 7.41. The van der Waals surface area contributed by atoms with Crippen molar-refractivity contribution in [3.05, 3.63) is 64.7 Å². The Balaban J connectivity index is 1.46. The van der Waals surface area contributed by atoms with Gasteiger partial charge in [-0.3, -0.25) is 9.59 Å². The average molecular weight is 380 g/mol. The molecule has 1 fully saturated rings. The molecular weight excluding hydrogens is 350 g/mol. The molecule has 1 heterocycles. The molecular formula is C23H29N3O2. The summed E-state index contributed by atoms with van der Waals surface area (Å²) in [7, 11) is 0. The molecule has 0 saturated carbocycles. The van der Waals surface area contributed by atoms with Gasteiger partial charge in [-0.25, -0.2) is 0 Å². The smallest absolute Gasteiger partial charge is 0.253 e. The van der Waals surface area contributed by atoms with E-state index in [0.29, 0.717) is 12.1 Å². The van der Waals surface area contributed by atoms with Gasteiger partial charge in [0.15, 0.2) is 0 Å². The summed E-state index contributed by atoms with van der Waals surface area (Å²) in [6.07, 6.45) is 3.00. The maximum absolute atomic E-state index is 12.5. The molecule has 0 aromatic heterocycles. The minimum absolute atomic E-state index is 0.0368. The number of nitrogens with one attached hydrogen (secondary N) is 2. The van der Waals surface area contributed by atoms with E-state index >= 15 is 0 Å². The van der Waals surface area contributed by atoms with Crippen LogP contribution >= 0.6 is 0 Å². The Morgan fingerprint density at radius 1 is 1.00 bits per heavy atom. The van der Waals surface area contributed by atoms with Crippen LogP contribution in [0.2, 0.25) is 0 Å². The summed E-state index contributed by atoms with van der Waals surface area (Å²) in [6, 6.07) is 13.8. The zero-order valence-electron chi connectivity index (χ0n) is 16.8. The van der Waals surface area contributed by atoms with Crippen LogP contribution in [0.3, 0.4) is 0 Å².